The minimum atomic E-state index is 0.0159. The molecule has 0 radical (unpaired) electrons. The molecule has 0 aliphatic carbocycles. The lowest BCUT2D eigenvalue weighted by molar-refractivity contribution is -0.0385. The number of aromatic nitrogens is 1. The largest absolute Gasteiger partial charge is 0.454 e. The summed E-state index contributed by atoms with van der Waals surface area (Å²) in [5, 5.41) is 0.797. The third-order valence-corrected chi connectivity index (χ3v) is 5.24. The van der Waals surface area contributed by atoms with Crippen molar-refractivity contribution in [1.82, 2.24) is 9.88 Å². The predicted molar refractivity (Wildman–Crippen MR) is 89.6 cm³/mol. The monoisotopic (exact) mass is 346 g/mol. The van der Waals surface area contributed by atoms with Crippen molar-refractivity contribution >= 4 is 17.2 Å². The van der Waals surface area contributed by atoms with Gasteiger partial charge < -0.3 is 19.1 Å². The summed E-state index contributed by atoms with van der Waals surface area (Å²) in [7, 11) is 0. The Morgan fingerprint density at radius 2 is 2.12 bits per heavy atom. The van der Waals surface area contributed by atoms with Gasteiger partial charge in [-0.3, -0.25) is 4.79 Å². The molecule has 0 spiro atoms. The topological polar surface area (TPSA) is 60.9 Å². The Balaban J connectivity index is 1.57. The first kappa shape index (κ1) is 15.4. The van der Waals surface area contributed by atoms with Crippen molar-refractivity contribution in [3.05, 3.63) is 29.3 Å². The zero-order valence-electron chi connectivity index (χ0n) is 13.5. The van der Waals surface area contributed by atoms with Gasteiger partial charge in [-0.05, 0) is 32.0 Å². The van der Waals surface area contributed by atoms with E-state index < -0.39 is 0 Å². The Bertz CT molecular complexity index is 776. The summed E-state index contributed by atoms with van der Waals surface area (Å²) in [4.78, 5) is 19.7. The van der Waals surface area contributed by atoms with E-state index in [0.717, 1.165) is 16.3 Å². The highest BCUT2D eigenvalue weighted by Gasteiger charge is 2.29. The van der Waals surface area contributed by atoms with Crippen LogP contribution in [0.1, 0.15) is 23.5 Å². The van der Waals surface area contributed by atoms with Gasteiger partial charge in [-0.1, -0.05) is 0 Å². The summed E-state index contributed by atoms with van der Waals surface area (Å²) in [5.41, 5.74) is 0.923. The van der Waals surface area contributed by atoms with Crippen LogP contribution >= 0.6 is 11.3 Å². The van der Waals surface area contributed by atoms with Gasteiger partial charge in [0.15, 0.2) is 11.5 Å². The van der Waals surface area contributed by atoms with Crippen LogP contribution in [0.4, 0.5) is 0 Å². The fraction of sp³-hybridized carbons (Fsp3) is 0.412. The minimum absolute atomic E-state index is 0.0159. The number of fused-ring (bicyclic) bond motifs is 1. The van der Waals surface area contributed by atoms with Gasteiger partial charge in [0.25, 0.3) is 5.91 Å². The van der Waals surface area contributed by atoms with Gasteiger partial charge in [0.2, 0.25) is 6.79 Å². The third-order valence-electron chi connectivity index (χ3n) is 4.20. The summed E-state index contributed by atoms with van der Waals surface area (Å²) >= 11 is 1.40. The highest BCUT2D eigenvalue weighted by molar-refractivity contribution is 7.16. The van der Waals surface area contributed by atoms with Crippen molar-refractivity contribution in [1.29, 1.82) is 0 Å². The first-order valence-corrected chi connectivity index (χ1v) is 8.72. The van der Waals surface area contributed by atoms with E-state index in [0.29, 0.717) is 23.8 Å². The van der Waals surface area contributed by atoms with Gasteiger partial charge in [-0.2, -0.15) is 0 Å². The summed E-state index contributed by atoms with van der Waals surface area (Å²) in [6, 6.07) is 5.77. The summed E-state index contributed by atoms with van der Waals surface area (Å²) < 4.78 is 16.3. The van der Waals surface area contributed by atoms with Crippen LogP contribution < -0.4 is 9.47 Å². The van der Waals surface area contributed by atoms with Gasteiger partial charge in [0.05, 0.1) is 24.9 Å². The molecule has 4 rings (SSSR count). The summed E-state index contributed by atoms with van der Waals surface area (Å²) in [5.74, 6) is 1.47. The normalized spacial score (nSPS) is 22.7. The van der Waals surface area contributed by atoms with Gasteiger partial charge in [0.1, 0.15) is 9.88 Å². The van der Waals surface area contributed by atoms with E-state index in [2.05, 4.69) is 4.98 Å². The van der Waals surface area contributed by atoms with Crippen LogP contribution in [0.15, 0.2) is 24.4 Å². The maximum Gasteiger partial charge on any atom is 0.265 e. The Morgan fingerprint density at radius 1 is 1.29 bits per heavy atom. The molecule has 0 saturated carbocycles. The van der Waals surface area contributed by atoms with E-state index in [-0.39, 0.29) is 24.8 Å². The smallest absolute Gasteiger partial charge is 0.265 e. The van der Waals surface area contributed by atoms with Crippen molar-refractivity contribution in [2.24, 2.45) is 0 Å². The zero-order valence-corrected chi connectivity index (χ0v) is 14.3. The van der Waals surface area contributed by atoms with Crippen LogP contribution in [-0.4, -0.2) is 47.9 Å². The van der Waals surface area contributed by atoms with Crippen LogP contribution in [0.2, 0.25) is 0 Å². The van der Waals surface area contributed by atoms with Gasteiger partial charge in [-0.25, -0.2) is 4.98 Å². The molecule has 1 saturated heterocycles. The predicted octanol–water partition coefficient (Wildman–Crippen LogP) is 2.79. The number of thiazole rings is 1. The van der Waals surface area contributed by atoms with E-state index in [4.69, 9.17) is 14.2 Å². The van der Waals surface area contributed by atoms with Crippen molar-refractivity contribution in [2.45, 2.75) is 26.0 Å². The highest BCUT2D eigenvalue weighted by Crippen LogP contribution is 2.37. The fourth-order valence-corrected chi connectivity index (χ4v) is 3.73. The molecule has 0 N–H and O–H groups in total. The molecule has 1 aromatic heterocycles. The van der Waals surface area contributed by atoms with Crippen molar-refractivity contribution in [2.75, 3.05) is 19.9 Å². The molecular formula is C17H18N2O4S. The second-order valence-corrected chi connectivity index (χ2v) is 7.08. The molecule has 2 aliphatic heterocycles. The molecule has 2 aliphatic rings. The van der Waals surface area contributed by atoms with E-state index >= 15 is 0 Å². The Kier molecular flexibility index (Phi) is 3.90. The Morgan fingerprint density at radius 3 is 3.00 bits per heavy atom. The van der Waals surface area contributed by atoms with Crippen molar-refractivity contribution in [3.63, 3.8) is 0 Å². The molecule has 6 nitrogen and oxygen atoms in total. The molecule has 0 unspecified atom stereocenters. The molecule has 24 heavy (non-hydrogen) atoms. The van der Waals surface area contributed by atoms with E-state index in [9.17, 15) is 4.79 Å². The average molecular weight is 346 g/mol. The third kappa shape index (κ3) is 2.74. The Labute approximate surface area is 144 Å². The molecule has 3 heterocycles. The number of nitrogens with zero attached hydrogens (tertiary/aromatic N) is 2. The SMILES string of the molecule is C[C@H]1CN(C(=O)c2cnc(-c3ccc4c(c3)OCO4)s2)[C@@H](C)CO1. The lowest BCUT2D eigenvalue weighted by Crippen LogP contribution is -2.50. The van der Waals surface area contributed by atoms with E-state index in [1.807, 2.05) is 36.9 Å². The van der Waals surface area contributed by atoms with Crippen LogP contribution in [0.3, 0.4) is 0 Å². The second kappa shape index (κ2) is 6.07. The summed E-state index contributed by atoms with van der Waals surface area (Å²) in [6.45, 7) is 5.41. The molecule has 2 atom stereocenters. The standard InChI is InChI=1S/C17H18N2O4S/c1-10-8-21-11(2)7-19(10)17(20)15-6-18-16(24-15)12-3-4-13-14(5-12)23-9-22-13/h3-6,10-11H,7-9H2,1-2H3/t10-,11-/m0/s1. The second-order valence-electron chi connectivity index (χ2n) is 6.05. The first-order valence-electron chi connectivity index (χ1n) is 7.90. The number of hydrogen-bond acceptors (Lipinski definition) is 6. The van der Waals surface area contributed by atoms with Crippen LogP contribution in [-0.2, 0) is 4.74 Å². The molecule has 1 amide bonds. The number of hydrogen-bond donors (Lipinski definition) is 0. The Hall–Kier alpha value is -2.12. The van der Waals surface area contributed by atoms with Crippen LogP contribution in [0, 0.1) is 0 Å². The molecule has 1 aromatic carbocycles. The number of carbonyl (C=O) groups excluding carboxylic acids is 1. The van der Waals surface area contributed by atoms with Gasteiger partial charge in [-0.15, -0.1) is 11.3 Å². The number of amides is 1. The van der Waals surface area contributed by atoms with Gasteiger partial charge in [0, 0.05) is 12.1 Å². The lowest BCUT2D eigenvalue weighted by atomic mass is 10.2. The minimum Gasteiger partial charge on any atom is -0.454 e. The molecular weight excluding hydrogens is 328 g/mol. The summed E-state index contributed by atoms with van der Waals surface area (Å²) in [6.07, 6.45) is 1.71. The number of carbonyl (C=O) groups is 1. The fourth-order valence-electron chi connectivity index (χ4n) is 2.86. The van der Waals surface area contributed by atoms with Crippen molar-refractivity contribution < 1.29 is 19.0 Å². The lowest BCUT2D eigenvalue weighted by Gasteiger charge is -2.36. The molecule has 7 heteroatoms. The highest BCUT2D eigenvalue weighted by atomic mass is 32.1. The maximum atomic E-state index is 12.8. The number of ether oxygens (including phenoxy) is 3. The van der Waals surface area contributed by atoms with Crippen molar-refractivity contribution in [3.8, 4) is 22.1 Å². The van der Waals surface area contributed by atoms with Crippen LogP contribution in [0.5, 0.6) is 11.5 Å². The molecule has 0 bridgehead atoms. The van der Waals surface area contributed by atoms with Crippen LogP contribution in [0.25, 0.3) is 10.6 Å². The zero-order chi connectivity index (χ0) is 16.7. The van der Waals surface area contributed by atoms with E-state index in [1.165, 1.54) is 11.3 Å². The number of rotatable bonds is 2. The molecule has 2 aromatic rings. The quantitative estimate of drug-likeness (QED) is 0.837. The number of morpholine rings is 1. The molecule has 1 fully saturated rings. The van der Waals surface area contributed by atoms with E-state index in [1.54, 1.807) is 6.20 Å². The molecule has 126 valence electrons. The van der Waals surface area contributed by atoms with Gasteiger partial charge >= 0.3 is 0 Å². The maximum absolute atomic E-state index is 12.8. The average Bonchev–Trinajstić information content (AvgIpc) is 3.24. The first-order chi connectivity index (χ1) is 11.6. The number of benzene rings is 1.